The molecule has 4 nitrogen and oxygen atoms in total. The topological polar surface area (TPSA) is 40.6 Å². The number of rotatable bonds is 4. The molecule has 26 heavy (non-hydrogen) atoms. The first-order valence-electron chi connectivity index (χ1n) is 9.46. The van der Waals surface area contributed by atoms with Gasteiger partial charge in [-0.25, -0.2) is 8.42 Å². The molecule has 0 amide bonds. The minimum absolute atomic E-state index is 0.307. The van der Waals surface area contributed by atoms with Crippen LogP contribution in [-0.2, 0) is 22.9 Å². The van der Waals surface area contributed by atoms with Crippen molar-refractivity contribution in [2.45, 2.75) is 37.1 Å². The molecule has 1 atom stereocenters. The third-order valence-corrected chi connectivity index (χ3v) is 7.71. The van der Waals surface area contributed by atoms with Gasteiger partial charge in [0, 0.05) is 32.2 Å². The maximum atomic E-state index is 13.0. The smallest absolute Gasteiger partial charge is 0.243 e. The number of nitrogens with zero attached hydrogens (tertiary/aromatic N) is 2. The van der Waals surface area contributed by atoms with Crippen LogP contribution < -0.4 is 0 Å². The van der Waals surface area contributed by atoms with E-state index < -0.39 is 10.0 Å². The molecule has 0 saturated carbocycles. The predicted octanol–water partition coefficient (Wildman–Crippen LogP) is 3.24. The molecular formula is C21H26N2O2S. The quantitative estimate of drug-likeness (QED) is 0.830. The van der Waals surface area contributed by atoms with Gasteiger partial charge in [-0.1, -0.05) is 36.4 Å². The third kappa shape index (κ3) is 3.31. The van der Waals surface area contributed by atoms with Gasteiger partial charge in [0.25, 0.3) is 0 Å². The van der Waals surface area contributed by atoms with Gasteiger partial charge >= 0.3 is 0 Å². The summed E-state index contributed by atoms with van der Waals surface area (Å²) in [4.78, 5) is 2.83. The second-order valence-corrected chi connectivity index (χ2v) is 9.25. The standard InChI is InChI=1S/C21H26N2O2S/c1-17(18-6-3-2-4-7-18)22-12-14-23(15-13-22)26(24,25)21-11-10-19-8-5-9-20(19)16-21/h2-4,6-7,10-11,16-17H,5,8-9,12-15H2,1H3/t17-/m1/s1. The van der Waals surface area contributed by atoms with Crippen molar-refractivity contribution in [3.8, 4) is 0 Å². The van der Waals surface area contributed by atoms with Gasteiger partial charge in [-0.15, -0.1) is 0 Å². The van der Waals surface area contributed by atoms with Gasteiger partial charge in [0.05, 0.1) is 4.90 Å². The van der Waals surface area contributed by atoms with E-state index in [9.17, 15) is 8.42 Å². The van der Waals surface area contributed by atoms with Crippen LogP contribution in [0.25, 0.3) is 0 Å². The maximum absolute atomic E-state index is 13.0. The number of piperazine rings is 1. The van der Waals surface area contributed by atoms with E-state index in [1.165, 1.54) is 16.7 Å². The van der Waals surface area contributed by atoms with Gasteiger partial charge in [0.1, 0.15) is 0 Å². The molecule has 0 N–H and O–H groups in total. The summed E-state index contributed by atoms with van der Waals surface area (Å²) in [6, 6.07) is 16.4. The lowest BCUT2D eigenvalue weighted by molar-refractivity contribution is 0.146. The molecule has 1 aliphatic heterocycles. The Balaban J connectivity index is 1.45. The van der Waals surface area contributed by atoms with E-state index in [1.54, 1.807) is 10.4 Å². The second-order valence-electron chi connectivity index (χ2n) is 7.31. The van der Waals surface area contributed by atoms with Gasteiger partial charge in [-0.3, -0.25) is 4.90 Å². The van der Waals surface area contributed by atoms with E-state index in [1.807, 2.05) is 18.2 Å². The van der Waals surface area contributed by atoms with Crippen LogP contribution in [0, 0.1) is 0 Å². The van der Waals surface area contributed by atoms with Crippen molar-refractivity contribution in [2.75, 3.05) is 26.2 Å². The van der Waals surface area contributed by atoms with Crippen molar-refractivity contribution in [3.05, 3.63) is 65.2 Å². The Morgan fingerprint density at radius 2 is 1.58 bits per heavy atom. The average molecular weight is 371 g/mol. The minimum Gasteiger partial charge on any atom is -0.294 e. The van der Waals surface area contributed by atoms with Crippen LogP contribution in [0.3, 0.4) is 0 Å². The van der Waals surface area contributed by atoms with Gasteiger partial charge in [0.15, 0.2) is 0 Å². The molecule has 2 aliphatic rings. The number of benzene rings is 2. The Bertz CT molecular complexity index is 872. The van der Waals surface area contributed by atoms with Crippen LogP contribution in [0.2, 0.25) is 0 Å². The Morgan fingerprint density at radius 3 is 2.31 bits per heavy atom. The number of hydrogen-bond donors (Lipinski definition) is 0. The zero-order valence-corrected chi connectivity index (χ0v) is 16.1. The fraction of sp³-hybridized carbons (Fsp3) is 0.429. The molecule has 1 heterocycles. The summed E-state index contributed by atoms with van der Waals surface area (Å²) in [5.74, 6) is 0. The maximum Gasteiger partial charge on any atom is 0.243 e. The fourth-order valence-electron chi connectivity index (χ4n) is 4.13. The van der Waals surface area contributed by atoms with Crippen molar-refractivity contribution in [1.82, 2.24) is 9.21 Å². The van der Waals surface area contributed by atoms with Crippen molar-refractivity contribution in [2.24, 2.45) is 0 Å². The van der Waals surface area contributed by atoms with E-state index in [2.05, 4.69) is 36.1 Å². The summed E-state index contributed by atoms with van der Waals surface area (Å²) < 4.78 is 27.7. The lowest BCUT2D eigenvalue weighted by atomic mass is 10.1. The third-order valence-electron chi connectivity index (χ3n) is 5.81. The first-order valence-corrected chi connectivity index (χ1v) is 10.9. The van der Waals surface area contributed by atoms with Crippen LogP contribution in [0.15, 0.2) is 53.4 Å². The molecular weight excluding hydrogens is 344 g/mol. The van der Waals surface area contributed by atoms with Crippen LogP contribution in [0.4, 0.5) is 0 Å². The molecule has 5 heteroatoms. The molecule has 1 saturated heterocycles. The molecule has 0 spiro atoms. The highest BCUT2D eigenvalue weighted by molar-refractivity contribution is 7.89. The van der Waals surface area contributed by atoms with Crippen molar-refractivity contribution in [3.63, 3.8) is 0 Å². The van der Waals surface area contributed by atoms with Crippen LogP contribution in [-0.4, -0.2) is 43.8 Å². The largest absolute Gasteiger partial charge is 0.294 e. The SMILES string of the molecule is C[C@H](c1ccccc1)N1CCN(S(=O)(=O)c2ccc3c(c2)CCC3)CC1. The summed E-state index contributed by atoms with van der Waals surface area (Å²) in [7, 11) is -3.39. The molecule has 4 rings (SSSR count). The second kappa shape index (κ2) is 7.14. The highest BCUT2D eigenvalue weighted by atomic mass is 32.2. The van der Waals surface area contributed by atoms with Crippen LogP contribution in [0.5, 0.6) is 0 Å². The lowest BCUT2D eigenvalue weighted by Gasteiger charge is -2.37. The highest BCUT2D eigenvalue weighted by Crippen LogP contribution is 2.28. The summed E-state index contributed by atoms with van der Waals surface area (Å²) in [5, 5.41) is 0. The van der Waals surface area contributed by atoms with E-state index in [4.69, 9.17) is 0 Å². The monoisotopic (exact) mass is 370 g/mol. The van der Waals surface area contributed by atoms with Crippen LogP contribution in [0.1, 0.15) is 36.1 Å². The molecule has 0 aromatic heterocycles. The summed E-state index contributed by atoms with van der Waals surface area (Å²) in [6.45, 7) is 4.83. The van der Waals surface area contributed by atoms with Gasteiger partial charge in [-0.05, 0) is 55.0 Å². The predicted molar refractivity (Wildman–Crippen MR) is 104 cm³/mol. The molecule has 0 unspecified atom stereocenters. The number of sulfonamides is 1. The number of fused-ring (bicyclic) bond motifs is 1. The van der Waals surface area contributed by atoms with E-state index in [0.717, 1.165) is 32.4 Å². The van der Waals surface area contributed by atoms with E-state index >= 15 is 0 Å². The minimum atomic E-state index is -3.39. The first-order chi connectivity index (χ1) is 12.6. The van der Waals surface area contributed by atoms with Gasteiger partial charge in [0.2, 0.25) is 10.0 Å². The molecule has 2 aromatic carbocycles. The first kappa shape index (κ1) is 17.7. The summed E-state index contributed by atoms with van der Waals surface area (Å²) in [6.07, 6.45) is 3.21. The lowest BCUT2D eigenvalue weighted by Crippen LogP contribution is -2.49. The molecule has 138 valence electrons. The van der Waals surface area contributed by atoms with Gasteiger partial charge < -0.3 is 0 Å². The Labute approximate surface area is 156 Å². The molecule has 0 radical (unpaired) electrons. The fourth-order valence-corrected chi connectivity index (χ4v) is 5.60. The van der Waals surface area contributed by atoms with Crippen molar-refractivity contribution >= 4 is 10.0 Å². The highest BCUT2D eigenvalue weighted by Gasteiger charge is 2.30. The Hall–Kier alpha value is -1.69. The number of aryl methyl sites for hydroxylation is 2. The van der Waals surface area contributed by atoms with Crippen LogP contribution >= 0.6 is 0 Å². The summed E-state index contributed by atoms with van der Waals surface area (Å²) in [5.41, 5.74) is 3.80. The van der Waals surface area contributed by atoms with Crippen molar-refractivity contribution in [1.29, 1.82) is 0 Å². The molecule has 2 aromatic rings. The van der Waals surface area contributed by atoms with Gasteiger partial charge in [-0.2, -0.15) is 4.31 Å². The van der Waals surface area contributed by atoms with E-state index in [-0.39, 0.29) is 0 Å². The number of hydrogen-bond acceptors (Lipinski definition) is 3. The Morgan fingerprint density at radius 1 is 0.885 bits per heavy atom. The average Bonchev–Trinajstić information content (AvgIpc) is 3.16. The van der Waals surface area contributed by atoms with E-state index in [0.29, 0.717) is 24.0 Å². The molecule has 0 bridgehead atoms. The molecule has 1 fully saturated rings. The Kier molecular flexibility index (Phi) is 4.86. The summed E-state index contributed by atoms with van der Waals surface area (Å²) >= 11 is 0. The zero-order valence-electron chi connectivity index (χ0n) is 15.3. The molecule has 1 aliphatic carbocycles. The normalized spacial score (nSPS) is 20.0. The zero-order chi connectivity index (χ0) is 18.1. The van der Waals surface area contributed by atoms with Crippen molar-refractivity contribution < 1.29 is 8.42 Å².